The highest BCUT2D eigenvalue weighted by Gasteiger charge is 2.37. The number of alkyl carbamates (subject to hydrolysis) is 1. The van der Waals surface area contributed by atoms with Gasteiger partial charge in [-0.2, -0.15) is 0 Å². The lowest BCUT2D eigenvalue weighted by Crippen LogP contribution is -2.57. The Hall–Kier alpha value is -2.64. The largest absolute Gasteiger partial charge is 0.444 e. The van der Waals surface area contributed by atoms with Gasteiger partial charge in [0.25, 0.3) is 0 Å². The van der Waals surface area contributed by atoms with E-state index < -0.39 is 17.2 Å². The summed E-state index contributed by atoms with van der Waals surface area (Å²) in [5, 5.41) is 3.69. The van der Waals surface area contributed by atoms with Gasteiger partial charge >= 0.3 is 6.09 Å². The van der Waals surface area contributed by atoms with Gasteiger partial charge in [-0.05, 0) is 39.7 Å². The van der Waals surface area contributed by atoms with E-state index in [1.165, 1.54) is 6.33 Å². The third kappa shape index (κ3) is 3.72. The van der Waals surface area contributed by atoms with Crippen LogP contribution in [-0.2, 0) is 9.53 Å². The highest BCUT2D eigenvalue weighted by Crippen LogP contribution is 2.28. The third-order valence-corrected chi connectivity index (χ3v) is 4.26. The summed E-state index contributed by atoms with van der Waals surface area (Å²) in [7, 11) is 0. The number of amides is 1. The second kappa shape index (κ2) is 6.34. The third-order valence-electron chi connectivity index (χ3n) is 4.26. The van der Waals surface area contributed by atoms with Gasteiger partial charge in [0.1, 0.15) is 35.2 Å². The minimum Gasteiger partial charge on any atom is -0.444 e. The van der Waals surface area contributed by atoms with E-state index in [9.17, 15) is 9.59 Å². The normalized spacial score (nSPS) is 17.3. The van der Waals surface area contributed by atoms with E-state index in [2.05, 4.69) is 25.2 Å². The zero-order valence-electron chi connectivity index (χ0n) is 14.7. The highest BCUT2D eigenvalue weighted by atomic mass is 16.6. The number of H-pyrrole nitrogens is 1. The van der Waals surface area contributed by atoms with Crippen LogP contribution in [0.3, 0.4) is 0 Å². The number of fused-ring (bicyclic) bond motifs is 1. The molecule has 0 unspecified atom stereocenters. The molecule has 134 valence electrons. The van der Waals surface area contributed by atoms with Crippen molar-refractivity contribution in [1.82, 2.24) is 20.3 Å². The molecule has 8 heteroatoms. The number of carbonyl (C=O) groups is 2. The summed E-state index contributed by atoms with van der Waals surface area (Å²) in [5.41, 5.74) is -0.720. The molecule has 25 heavy (non-hydrogen) atoms. The molecule has 0 atom stereocenters. The average Bonchev–Trinajstić information content (AvgIpc) is 3.02. The summed E-state index contributed by atoms with van der Waals surface area (Å²) in [6.07, 6.45) is 4.58. The minimum atomic E-state index is -0.900. The van der Waals surface area contributed by atoms with Gasteiger partial charge in [-0.15, -0.1) is 0 Å². The van der Waals surface area contributed by atoms with Crippen molar-refractivity contribution in [2.45, 2.75) is 44.8 Å². The van der Waals surface area contributed by atoms with Crippen LogP contribution in [0.25, 0.3) is 11.0 Å². The van der Waals surface area contributed by atoms with Gasteiger partial charge in [-0.25, -0.2) is 14.8 Å². The Balaban J connectivity index is 1.70. The van der Waals surface area contributed by atoms with Crippen molar-refractivity contribution in [3.8, 4) is 0 Å². The van der Waals surface area contributed by atoms with Crippen LogP contribution >= 0.6 is 0 Å². The zero-order chi connectivity index (χ0) is 18.1. The molecular formula is C17H23N5O3. The highest BCUT2D eigenvalue weighted by molar-refractivity contribution is 5.87. The van der Waals surface area contributed by atoms with Crippen molar-refractivity contribution < 1.29 is 14.3 Å². The molecule has 2 N–H and O–H groups in total. The zero-order valence-corrected chi connectivity index (χ0v) is 14.7. The van der Waals surface area contributed by atoms with Crippen LogP contribution < -0.4 is 10.2 Å². The topological polar surface area (TPSA) is 100 Å². The number of anilines is 1. The van der Waals surface area contributed by atoms with Crippen molar-refractivity contribution in [3.05, 3.63) is 18.6 Å². The molecule has 0 aliphatic carbocycles. The predicted molar refractivity (Wildman–Crippen MR) is 93.5 cm³/mol. The van der Waals surface area contributed by atoms with Crippen LogP contribution in [-0.4, -0.2) is 51.6 Å². The van der Waals surface area contributed by atoms with Crippen molar-refractivity contribution in [2.75, 3.05) is 18.0 Å². The Morgan fingerprint density at radius 3 is 2.72 bits per heavy atom. The maximum Gasteiger partial charge on any atom is 0.408 e. The number of carbonyl (C=O) groups excluding carboxylic acids is 2. The predicted octanol–water partition coefficient (Wildman–Crippen LogP) is 2.02. The van der Waals surface area contributed by atoms with Crippen LogP contribution in [0.15, 0.2) is 18.6 Å². The summed E-state index contributed by atoms with van der Waals surface area (Å²) in [6.45, 7) is 6.58. The number of aromatic nitrogens is 3. The van der Waals surface area contributed by atoms with E-state index in [1.807, 2.05) is 12.3 Å². The van der Waals surface area contributed by atoms with E-state index in [-0.39, 0.29) is 0 Å². The molecule has 3 heterocycles. The molecule has 0 aromatic carbocycles. The van der Waals surface area contributed by atoms with E-state index in [0.717, 1.165) is 23.1 Å². The molecule has 1 aliphatic heterocycles. The van der Waals surface area contributed by atoms with Gasteiger partial charge in [-0.3, -0.25) is 0 Å². The quantitative estimate of drug-likeness (QED) is 0.826. The number of nitrogens with one attached hydrogen (secondary N) is 2. The lowest BCUT2D eigenvalue weighted by atomic mass is 9.89. The lowest BCUT2D eigenvalue weighted by molar-refractivity contribution is -0.114. The number of hydrogen-bond donors (Lipinski definition) is 2. The molecule has 1 fully saturated rings. The number of aromatic amines is 1. The Labute approximate surface area is 146 Å². The first kappa shape index (κ1) is 17.2. The summed E-state index contributed by atoms with van der Waals surface area (Å²) in [5.74, 6) is 0.836. The van der Waals surface area contributed by atoms with Crippen molar-refractivity contribution in [2.24, 2.45) is 0 Å². The SMILES string of the molecule is CC(C)(C)OC(=O)NC1(C=O)CCN(c2ncnc3[nH]ccc23)CC1. The smallest absolute Gasteiger partial charge is 0.408 e. The summed E-state index contributed by atoms with van der Waals surface area (Å²) in [4.78, 5) is 37.5. The van der Waals surface area contributed by atoms with E-state index in [4.69, 9.17) is 4.74 Å². The number of ether oxygens (including phenoxy) is 1. The fourth-order valence-electron chi connectivity index (χ4n) is 3.01. The van der Waals surface area contributed by atoms with Crippen molar-refractivity contribution in [3.63, 3.8) is 0 Å². The Morgan fingerprint density at radius 2 is 2.08 bits per heavy atom. The summed E-state index contributed by atoms with van der Waals surface area (Å²) in [6, 6.07) is 1.94. The molecule has 8 nitrogen and oxygen atoms in total. The molecular weight excluding hydrogens is 322 g/mol. The summed E-state index contributed by atoms with van der Waals surface area (Å²) >= 11 is 0. The van der Waals surface area contributed by atoms with Crippen LogP contribution in [0.2, 0.25) is 0 Å². The molecule has 1 saturated heterocycles. The number of nitrogens with zero attached hydrogens (tertiary/aromatic N) is 3. The van der Waals surface area contributed by atoms with Gasteiger partial charge < -0.3 is 24.7 Å². The standard InChI is InChI=1S/C17H23N5O3/c1-16(2,3)25-15(24)21-17(10-23)5-8-22(9-6-17)14-12-4-7-18-13(12)19-11-20-14/h4,7,10-11H,5-6,8-9H2,1-3H3,(H,21,24)(H,18,19,20). The molecule has 0 bridgehead atoms. The molecule has 1 amide bonds. The summed E-state index contributed by atoms with van der Waals surface area (Å²) < 4.78 is 5.28. The van der Waals surface area contributed by atoms with Crippen LogP contribution in [0.1, 0.15) is 33.6 Å². The van der Waals surface area contributed by atoms with Gasteiger partial charge in [-0.1, -0.05) is 0 Å². The fourth-order valence-corrected chi connectivity index (χ4v) is 3.01. The fraction of sp³-hybridized carbons (Fsp3) is 0.529. The first-order chi connectivity index (χ1) is 11.8. The maximum atomic E-state index is 12.1. The van der Waals surface area contributed by atoms with E-state index >= 15 is 0 Å². The van der Waals surface area contributed by atoms with Gasteiger partial charge in [0.05, 0.1) is 5.39 Å². The number of rotatable bonds is 3. The number of hydrogen-bond acceptors (Lipinski definition) is 6. The number of piperidine rings is 1. The van der Waals surface area contributed by atoms with Crippen LogP contribution in [0.4, 0.5) is 10.6 Å². The van der Waals surface area contributed by atoms with E-state index in [1.54, 1.807) is 20.8 Å². The molecule has 2 aromatic heterocycles. The first-order valence-electron chi connectivity index (χ1n) is 8.32. The molecule has 0 saturated carbocycles. The molecule has 1 aliphatic rings. The van der Waals surface area contributed by atoms with Gasteiger partial charge in [0, 0.05) is 19.3 Å². The minimum absolute atomic E-state index is 0.492. The lowest BCUT2D eigenvalue weighted by Gasteiger charge is -2.39. The Bertz CT molecular complexity index is 772. The second-order valence-corrected chi connectivity index (χ2v) is 7.33. The van der Waals surface area contributed by atoms with E-state index in [0.29, 0.717) is 25.9 Å². The molecule has 2 aromatic rings. The van der Waals surface area contributed by atoms with Crippen LogP contribution in [0.5, 0.6) is 0 Å². The Kier molecular flexibility index (Phi) is 4.36. The average molecular weight is 345 g/mol. The molecule has 0 spiro atoms. The van der Waals surface area contributed by atoms with Crippen LogP contribution in [0, 0.1) is 0 Å². The van der Waals surface area contributed by atoms with Gasteiger partial charge in [0.15, 0.2) is 0 Å². The van der Waals surface area contributed by atoms with Crippen molar-refractivity contribution in [1.29, 1.82) is 0 Å². The molecule has 3 rings (SSSR count). The van der Waals surface area contributed by atoms with Crippen molar-refractivity contribution >= 4 is 29.2 Å². The second-order valence-electron chi connectivity index (χ2n) is 7.33. The first-order valence-corrected chi connectivity index (χ1v) is 8.32. The Morgan fingerprint density at radius 1 is 1.36 bits per heavy atom. The van der Waals surface area contributed by atoms with Gasteiger partial charge in [0.2, 0.25) is 0 Å². The molecule has 0 radical (unpaired) electrons. The number of aldehydes is 1. The maximum absolute atomic E-state index is 12.1. The monoisotopic (exact) mass is 345 g/mol.